The predicted molar refractivity (Wildman–Crippen MR) is 91.1 cm³/mol. The van der Waals surface area contributed by atoms with Crippen molar-refractivity contribution in [1.82, 2.24) is 29.9 Å². The number of rotatable bonds is 2. The standard InChI is InChI=1S/C17H20N6O2/c1-10-18-13-6-4-5-12(15(13)19-10)17(24)23-8-7-22(3)14(9-23)16-20-11(2)21-25-16/h4-6,14H,7-9H2,1-3H3,(H,18,19). The fraction of sp³-hybridized carbons (Fsp3) is 0.412. The number of para-hydroxylation sites is 1. The van der Waals surface area contributed by atoms with E-state index in [0.717, 1.165) is 17.9 Å². The van der Waals surface area contributed by atoms with E-state index in [0.29, 0.717) is 35.9 Å². The van der Waals surface area contributed by atoms with Gasteiger partial charge in [0, 0.05) is 19.6 Å². The van der Waals surface area contributed by atoms with Gasteiger partial charge >= 0.3 is 0 Å². The smallest absolute Gasteiger partial charge is 0.256 e. The third-order valence-electron chi connectivity index (χ3n) is 4.63. The first-order valence-corrected chi connectivity index (χ1v) is 8.28. The summed E-state index contributed by atoms with van der Waals surface area (Å²) in [4.78, 5) is 29.0. The Morgan fingerprint density at radius 2 is 2.12 bits per heavy atom. The molecule has 0 bridgehead atoms. The van der Waals surface area contributed by atoms with Crippen molar-refractivity contribution in [3.05, 3.63) is 41.3 Å². The Hall–Kier alpha value is -2.74. The molecule has 25 heavy (non-hydrogen) atoms. The van der Waals surface area contributed by atoms with Crippen LogP contribution in [0.25, 0.3) is 11.0 Å². The van der Waals surface area contributed by atoms with Gasteiger partial charge in [0.2, 0.25) is 5.89 Å². The fourth-order valence-corrected chi connectivity index (χ4v) is 3.27. The maximum atomic E-state index is 13.1. The highest BCUT2D eigenvalue weighted by atomic mass is 16.5. The molecule has 8 nitrogen and oxygen atoms in total. The number of carbonyl (C=O) groups is 1. The van der Waals surface area contributed by atoms with Crippen molar-refractivity contribution >= 4 is 16.9 Å². The van der Waals surface area contributed by atoms with Gasteiger partial charge in [0.05, 0.1) is 11.1 Å². The molecule has 0 saturated carbocycles. The molecule has 3 aromatic rings. The summed E-state index contributed by atoms with van der Waals surface area (Å²) in [5.74, 6) is 1.93. The van der Waals surface area contributed by atoms with Crippen LogP contribution in [0, 0.1) is 13.8 Å². The normalized spacial score (nSPS) is 18.8. The van der Waals surface area contributed by atoms with E-state index in [1.54, 1.807) is 6.92 Å². The van der Waals surface area contributed by atoms with Gasteiger partial charge in [-0.1, -0.05) is 11.2 Å². The van der Waals surface area contributed by atoms with Crippen LogP contribution in [-0.2, 0) is 0 Å². The van der Waals surface area contributed by atoms with E-state index in [4.69, 9.17) is 4.52 Å². The molecule has 1 aromatic carbocycles. The summed E-state index contributed by atoms with van der Waals surface area (Å²) in [7, 11) is 2.00. The van der Waals surface area contributed by atoms with Gasteiger partial charge < -0.3 is 14.4 Å². The highest BCUT2D eigenvalue weighted by Gasteiger charge is 2.33. The average Bonchev–Trinajstić information content (AvgIpc) is 3.19. The number of carbonyl (C=O) groups excluding carboxylic acids is 1. The number of aryl methyl sites for hydroxylation is 2. The summed E-state index contributed by atoms with van der Waals surface area (Å²) in [5, 5.41) is 3.87. The Bertz CT molecular complexity index is 930. The number of hydrogen-bond acceptors (Lipinski definition) is 6. The van der Waals surface area contributed by atoms with Crippen LogP contribution in [0.3, 0.4) is 0 Å². The number of nitrogens with one attached hydrogen (secondary N) is 1. The molecule has 1 aliphatic heterocycles. The monoisotopic (exact) mass is 340 g/mol. The average molecular weight is 340 g/mol. The number of aromatic nitrogens is 4. The summed E-state index contributed by atoms with van der Waals surface area (Å²) in [6.45, 7) is 5.58. The molecule has 1 amide bonds. The van der Waals surface area contributed by atoms with E-state index in [9.17, 15) is 4.79 Å². The van der Waals surface area contributed by atoms with Crippen LogP contribution in [0.4, 0.5) is 0 Å². The lowest BCUT2D eigenvalue weighted by molar-refractivity contribution is 0.0490. The van der Waals surface area contributed by atoms with Gasteiger partial charge in [-0.3, -0.25) is 9.69 Å². The van der Waals surface area contributed by atoms with Crippen molar-refractivity contribution in [3.8, 4) is 0 Å². The van der Waals surface area contributed by atoms with E-state index in [-0.39, 0.29) is 11.9 Å². The van der Waals surface area contributed by atoms with Crippen molar-refractivity contribution in [2.24, 2.45) is 0 Å². The minimum Gasteiger partial charge on any atom is -0.342 e. The highest BCUT2D eigenvalue weighted by Crippen LogP contribution is 2.25. The minimum absolute atomic E-state index is 0.0218. The maximum absolute atomic E-state index is 13.1. The molecule has 0 aliphatic carbocycles. The molecule has 1 N–H and O–H groups in total. The van der Waals surface area contributed by atoms with Crippen LogP contribution in [0.5, 0.6) is 0 Å². The molecule has 1 aliphatic rings. The molecule has 130 valence electrons. The van der Waals surface area contributed by atoms with Gasteiger partial charge in [0.15, 0.2) is 5.82 Å². The third kappa shape index (κ3) is 2.78. The van der Waals surface area contributed by atoms with Crippen molar-refractivity contribution in [2.75, 3.05) is 26.7 Å². The zero-order chi connectivity index (χ0) is 17.6. The quantitative estimate of drug-likeness (QED) is 0.763. The summed E-state index contributed by atoms with van der Waals surface area (Å²) in [5.41, 5.74) is 2.21. The number of likely N-dealkylation sites (N-methyl/N-ethyl adjacent to an activating group) is 1. The number of fused-ring (bicyclic) bond motifs is 1. The zero-order valence-electron chi connectivity index (χ0n) is 14.5. The number of imidazole rings is 1. The molecule has 0 spiro atoms. The lowest BCUT2D eigenvalue weighted by Gasteiger charge is -2.37. The molecule has 3 heterocycles. The first kappa shape index (κ1) is 15.8. The number of hydrogen-bond donors (Lipinski definition) is 1. The number of H-pyrrole nitrogens is 1. The number of nitrogens with zero attached hydrogens (tertiary/aromatic N) is 5. The zero-order valence-corrected chi connectivity index (χ0v) is 14.5. The number of benzene rings is 1. The van der Waals surface area contributed by atoms with E-state index in [1.807, 2.05) is 37.1 Å². The van der Waals surface area contributed by atoms with Crippen LogP contribution < -0.4 is 0 Å². The summed E-state index contributed by atoms with van der Waals surface area (Å²) in [6.07, 6.45) is 0. The van der Waals surface area contributed by atoms with Gasteiger partial charge in [0.1, 0.15) is 17.4 Å². The second-order valence-corrected chi connectivity index (χ2v) is 6.45. The Balaban J connectivity index is 1.63. The van der Waals surface area contributed by atoms with Gasteiger partial charge in [-0.25, -0.2) is 4.98 Å². The molecule has 1 saturated heterocycles. The van der Waals surface area contributed by atoms with Crippen LogP contribution in [-0.4, -0.2) is 62.5 Å². The first-order chi connectivity index (χ1) is 12.0. The number of aromatic amines is 1. The highest BCUT2D eigenvalue weighted by molar-refractivity contribution is 6.04. The predicted octanol–water partition coefficient (Wildman–Crippen LogP) is 1.69. The molecule has 1 unspecified atom stereocenters. The van der Waals surface area contributed by atoms with E-state index in [1.165, 1.54) is 0 Å². The van der Waals surface area contributed by atoms with Gasteiger partial charge in [-0.2, -0.15) is 4.98 Å². The number of piperazine rings is 1. The van der Waals surface area contributed by atoms with Crippen LogP contribution in [0.1, 0.15) is 33.9 Å². The molecular formula is C17H20N6O2. The van der Waals surface area contributed by atoms with Crippen LogP contribution in [0.2, 0.25) is 0 Å². The van der Waals surface area contributed by atoms with Crippen LogP contribution in [0.15, 0.2) is 22.7 Å². The second kappa shape index (κ2) is 5.96. The largest absolute Gasteiger partial charge is 0.342 e. The van der Waals surface area contributed by atoms with Gasteiger partial charge in [0.25, 0.3) is 5.91 Å². The molecule has 0 radical (unpaired) electrons. The molecule has 8 heteroatoms. The van der Waals surface area contributed by atoms with Gasteiger partial charge in [-0.15, -0.1) is 0 Å². The minimum atomic E-state index is -0.0981. The first-order valence-electron chi connectivity index (χ1n) is 8.28. The molecule has 4 rings (SSSR count). The SMILES string of the molecule is Cc1noc(C2CN(C(=O)c3cccc4[nH]c(C)nc34)CCN2C)n1. The molecular weight excluding hydrogens is 320 g/mol. The summed E-state index contributed by atoms with van der Waals surface area (Å²) in [6, 6.07) is 5.54. The van der Waals surface area contributed by atoms with E-state index < -0.39 is 0 Å². The topological polar surface area (TPSA) is 91.2 Å². The van der Waals surface area contributed by atoms with E-state index in [2.05, 4.69) is 25.0 Å². The van der Waals surface area contributed by atoms with Gasteiger partial charge in [-0.05, 0) is 33.0 Å². The lowest BCUT2D eigenvalue weighted by Crippen LogP contribution is -2.49. The number of amides is 1. The van der Waals surface area contributed by atoms with Crippen molar-refractivity contribution in [1.29, 1.82) is 0 Å². The summed E-state index contributed by atoms with van der Waals surface area (Å²) >= 11 is 0. The Morgan fingerprint density at radius 1 is 1.28 bits per heavy atom. The van der Waals surface area contributed by atoms with Crippen LogP contribution >= 0.6 is 0 Å². The third-order valence-corrected chi connectivity index (χ3v) is 4.63. The van der Waals surface area contributed by atoms with Crippen molar-refractivity contribution < 1.29 is 9.32 Å². The maximum Gasteiger partial charge on any atom is 0.256 e. The Morgan fingerprint density at radius 3 is 2.88 bits per heavy atom. The Kier molecular flexibility index (Phi) is 3.76. The van der Waals surface area contributed by atoms with Crippen molar-refractivity contribution in [3.63, 3.8) is 0 Å². The molecule has 2 aromatic heterocycles. The van der Waals surface area contributed by atoms with Crippen molar-refractivity contribution in [2.45, 2.75) is 19.9 Å². The second-order valence-electron chi connectivity index (χ2n) is 6.45. The fourth-order valence-electron chi connectivity index (χ4n) is 3.27. The van der Waals surface area contributed by atoms with E-state index >= 15 is 0 Å². The molecule has 1 fully saturated rings. The summed E-state index contributed by atoms with van der Waals surface area (Å²) < 4.78 is 5.32. The molecule has 1 atom stereocenters. The lowest BCUT2D eigenvalue weighted by atomic mass is 10.1. The Labute approximate surface area is 144 Å².